The van der Waals surface area contributed by atoms with E-state index in [9.17, 15) is 4.79 Å². The van der Waals surface area contributed by atoms with Gasteiger partial charge in [0.15, 0.2) is 0 Å². The van der Waals surface area contributed by atoms with Gasteiger partial charge in [0.05, 0.1) is 7.11 Å². The molecule has 1 aromatic carbocycles. The van der Waals surface area contributed by atoms with E-state index in [0.29, 0.717) is 5.92 Å². The second kappa shape index (κ2) is 7.55. The topological polar surface area (TPSA) is 29.5 Å². The van der Waals surface area contributed by atoms with Crippen molar-refractivity contribution in [3.8, 4) is 5.75 Å². The molecule has 0 bridgehead atoms. The number of ether oxygens (including phenoxy) is 1. The van der Waals surface area contributed by atoms with Crippen molar-refractivity contribution in [2.24, 2.45) is 5.92 Å². The number of amides is 1. The van der Waals surface area contributed by atoms with Crippen molar-refractivity contribution in [1.29, 1.82) is 0 Å². The highest BCUT2D eigenvalue weighted by molar-refractivity contribution is 7.98. The lowest BCUT2D eigenvalue weighted by molar-refractivity contribution is -0.125. The molecule has 1 fully saturated rings. The minimum Gasteiger partial charge on any atom is -0.497 e. The summed E-state index contributed by atoms with van der Waals surface area (Å²) in [6.45, 7) is 3.75. The van der Waals surface area contributed by atoms with E-state index in [1.807, 2.05) is 47.9 Å². The van der Waals surface area contributed by atoms with Crippen LogP contribution in [0.5, 0.6) is 5.75 Å². The molecule has 1 heterocycles. The van der Waals surface area contributed by atoms with Crippen molar-refractivity contribution in [3.63, 3.8) is 0 Å². The fourth-order valence-electron chi connectivity index (χ4n) is 2.63. The molecule has 0 N–H and O–H groups in total. The van der Waals surface area contributed by atoms with Gasteiger partial charge < -0.3 is 9.64 Å². The van der Waals surface area contributed by atoms with Gasteiger partial charge >= 0.3 is 0 Å². The van der Waals surface area contributed by atoms with Crippen molar-refractivity contribution < 1.29 is 9.53 Å². The van der Waals surface area contributed by atoms with Gasteiger partial charge in [-0.25, -0.2) is 0 Å². The number of carbonyl (C=O) groups excluding carboxylic acids is 1. The lowest BCUT2D eigenvalue weighted by atomic mass is 10.1. The van der Waals surface area contributed by atoms with E-state index in [1.54, 1.807) is 13.2 Å². The molecule has 0 aromatic heterocycles. The summed E-state index contributed by atoms with van der Waals surface area (Å²) in [6.07, 6.45) is 4.99. The van der Waals surface area contributed by atoms with Crippen molar-refractivity contribution in [1.82, 2.24) is 4.90 Å². The Morgan fingerprint density at radius 2 is 2.33 bits per heavy atom. The minimum atomic E-state index is 0.124. The first-order chi connectivity index (χ1) is 10.1. The molecule has 1 unspecified atom stereocenters. The molecule has 1 aliphatic rings. The lowest BCUT2D eigenvalue weighted by Gasteiger charge is -2.15. The van der Waals surface area contributed by atoms with E-state index in [1.165, 1.54) is 0 Å². The van der Waals surface area contributed by atoms with Crippen LogP contribution in [0.1, 0.15) is 18.9 Å². The zero-order chi connectivity index (χ0) is 15.2. The number of allylic oxidation sites excluding steroid dienone is 1. The molecule has 1 amide bonds. The molecule has 1 aromatic rings. The number of hydrogen-bond donors (Lipinski definition) is 0. The predicted octanol–water partition coefficient (Wildman–Crippen LogP) is 3.31. The van der Waals surface area contributed by atoms with Gasteiger partial charge in [0.25, 0.3) is 0 Å². The SMILES string of the molecule is COc1cccc(/C(C)=C/C(=O)N2CCC(CSC)C2)c1. The maximum absolute atomic E-state index is 12.3. The van der Waals surface area contributed by atoms with Gasteiger partial charge in [0, 0.05) is 19.2 Å². The number of nitrogens with zero attached hydrogens (tertiary/aromatic N) is 1. The Bertz CT molecular complexity index is 527. The summed E-state index contributed by atoms with van der Waals surface area (Å²) in [5.74, 6) is 2.73. The molecule has 3 nitrogen and oxygen atoms in total. The third-order valence-corrected chi connectivity index (χ3v) is 4.67. The standard InChI is InChI=1S/C17H23NO2S/c1-13(15-5-4-6-16(10-15)20-2)9-17(19)18-8-7-14(11-18)12-21-3/h4-6,9-10,14H,7-8,11-12H2,1-3H3/b13-9+. The molecule has 1 saturated heterocycles. The molecule has 0 saturated carbocycles. The first kappa shape index (κ1) is 16.0. The van der Waals surface area contributed by atoms with Crippen LogP contribution in [0, 0.1) is 5.92 Å². The van der Waals surface area contributed by atoms with Crippen LogP contribution < -0.4 is 4.74 Å². The van der Waals surface area contributed by atoms with E-state index in [2.05, 4.69) is 6.26 Å². The number of likely N-dealkylation sites (tertiary alicyclic amines) is 1. The van der Waals surface area contributed by atoms with Gasteiger partial charge in [0.2, 0.25) is 5.91 Å². The van der Waals surface area contributed by atoms with Crippen LogP contribution in [-0.4, -0.2) is 43.0 Å². The molecule has 2 rings (SSSR count). The normalized spacial score (nSPS) is 18.9. The van der Waals surface area contributed by atoms with Crippen molar-refractivity contribution in [2.75, 3.05) is 32.2 Å². The van der Waals surface area contributed by atoms with Gasteiger partial charge in [-0.1, -0.05) is 12.1 Å². The number of carbonyl (C=O) groups is 1. The Morgan fingerprint density at radius 1 is 1.52 bits per heavy atom. The molecule has 114 valence electrons. The summed E-state index contributed by atoms with van der Waals surface area (Å²) in [7, 11) is 1.65. The predicted molar refractivity (Wildman–Crippen MR) is 89.7 cm³/mol. The number of methoxy groups -OCH3 is 1. The van der Waals surface area contributed by atoms with Gasteiger partial charge in [-0.15, -0.1) is 0 Å². The monoisotopic (exact) mass is 305 g/mol. The highest BCUT2D eigenvalue weighted by Gasteiger charge is 2.24. The van der Waals surface area contributed by atoms with Crippen LogP contribution in [-0.2, 0) is 4.79 Å². The molecule has 0 spiro atoms. The third-order valence-electron chi connectivity index (χ3n) is 3.86. The maximum Gasteiger partial charge on any atom is 0.246 e. The fraction of sp³-hybridized carbons (Fsp3) is 0.471. The van der Waals surface area contributed by atoms with Gasteiger partial charge in [0.1, 0.15) is 5.75 Å². The number of thioether (sulfide) groups is 1. The molecular formula is C17H23NO2S. The van der Waals surface area contributed by atoms with Crippen LogP contribution in [0.25, 0.3) is 5.57 Å². The average Bonchev–Trinajstić information content (AvgIpc) is 2.96. The summed E-state index contributed by atoms with van der Waals surface area (Å²) in [4.78, 5) is 14.3. The Labute approximate surface area is 131 Å². The highest BCUT2D eigenvalue weighted by atomic mass is 32.2. The van der Waals surface area contributed by atoms with Crippen molar-refractivity contribution >= 4 is 23.2 Å². The van der Waals surface area contributed by atoms with E-state index < -0.39 is 0 Å². The summed E-state index contributed by atoms with van der Waals surface area (Å²) in [6, 6.07) is 7.81. The molecule has 1 aliphatic heterocycles. The Hall–Kier alpha value is -1.42. The zero-order valence-corrected chi connectivity index (χ0v) is 13.8. The van der Waals surface area contributed by atoms with E-state index in [0.717, 1.165) is 42.1 Å². The van der Waals surface area contributed by atoms with Gasteiger partial charge in [-0.2, -0.15) is 11.8 Å². The minimum absolute atomic E-state index is 0.124. The average molecular weight is 305 g/mol. The third kappa shape index (κ3) is 4.27. The number of hydrogen-bond acceptors (Lipinski definition) is 3. The number of rotatable bonds is 5. The smallest absolute Gasteiger partial charge is 0.246 e. The first-order valence-corrected chi connectivity index (χ1v) is 8.64. The van der Waals surface area contributed by atoms with Crippen molar-refractivity contribution in [2.45, 2.75) is 13.3 Å². The quantitative estimate of drug-likeness (QED) is 0.782. The molecule has 1 atom stereocenters. The fourth-order valence-corrected chi connectivity index (χ4v) is 3.38. The summed E-state index contributed by atoms with van der Waals surface area (Å²) < 4.78 is 5.23. The Morgan fingerprint density at radius 3 is 3.05 bits per heavy atom. The highest BCUT2D eigenvalue weighted by Crippen LogP contribution is 2.22. The van der Waals surface area contributed by atoms with Crippen LogP contribution in [0.15, 0.2) is 30.3 Å². The molecule has 21 heavy (non-hydrogen) atoms. The van der Waals surface area contributed by atoms with E-state index >= 15 is 0 Å². The first-order valence-electron chi connectivity index (χ1n) is 7.24. The maximum atomic E-state index is 12.3. The van der Waals surface area contributed by atoms with Crippen LogP contribution in [0.2, 0.25) is 0 Å². The van der Waals surface area contributed by atoms with Gasteiger partial charge in [-0.3, -0.25) is 4.79 Å². The molecule has 0 radical (unpaired) electrons. The zero-order valence-electron chi connectivity index (χ0n) is 13.0. The van der Waals surface area contributed by atoms with E-state index in [-0.39, 0.29) is 5.91 Å². The lowest BCUT2D eigenvalue weighted by Crippen LogP contribution is -2.27. The summed E-state index contributed by atoms with van der Waals surface area (Å²) in [5.41, 5.74) is 2.01. The molecular weight excluding hydrogens is 282 g/mol. The summed E-state index contributed by atoms with van der Waals surface area (Å²) in [5, 5.41) is 0. The van der Waals surface area contributed by atoms with Crippen LogP contribution in [0.4, 0.5) is 0 Å². The summed E-state index contributed by atoms with van der Waals surface area (Å²) >= 11 is 1.86. The molecule has 0 aliphatic carbocycles. The second-order valence-corrected chi connectivity index (χ2v) is 6.36. The van der Waals surface area contributed by atoms with Gasteiger partial charge in [-0.05, 0) is 54.5 Å². The largest absolute Gasteiger partial charge is 0.497 e. The van der Waals surface area contributed by atoms with Crippen LogP contribution >= 0.6 is 11.8 Å². The van der Waals surface area contributed by atoms with Crippen molar-refractivity contribution in [3.05, 3.63) is 35.9 Å². The van der Waals surface area contributed by atoms with E-state index in [4.69, 9.17) is 4.74 Å². The number of benzene rings is 1. The Balaban J connectivity index is 2.03. The second-order valence-electron chi connectivity index (χ2n) is 5.45. The van der Waals surface area contributed by atoms with Crippen LogP contribution in [0.3, 0.4) is 0 Å². The Kier molecular flexibility index (Phi) is 5.74. The molecule has 4 heteroatoms.